The molecule has 2 aliphatic rings. The number of carbonyl (C=O) groups is 1. The van der Waals surface area contributed by atoms with Crippen LogP contribution in [0.25, 0.3) is 0 Å². The van der Waals surface area contributed by atoms with Gasteiger partial charge in [-0.2, -0.15) is 0 Å². The van der Waals surface area contributed by atoms with E-state index in [0.29, 0.717) is 5.71 Å². The standard InChI is InChI=1S/C15H15NO3/c17-9-12(10-5-2-1-3-6-10)16-14-11-7-4-8-13(11)19-15(14)18/h1-6,8,11,13-14,17H,7,9H2/t11-,13+,14?/m0/s1. The lowest BCUT2D eigenvalue weighted by molar-refractivity contribution is -0.140. The molecule has 1 aromatic carbocycles. The van der Waals surface area contributed by atoms with Crippen LogP contribution in [0.5, 0.6) is 0 Å². The van der Waals surface area contributed by atoms with Crippen LogP contribution in [0.1, 0.15) is 12.0 Å². The molecule has 1 N–H and O–H groups in total. The van der Waals surface area contributed by atoms with Crippen LogP contribution in [-0.4, -0.2) is 35.5 Å². The van der Waals surface area contributed by atoms with Crippen molar-refractivity contribution in [2.24, 2.45) is 10.9 Å². The van der Waals surface area contributed by atoms with E-state index < -0.39 is 6.04 Å². The highest BCUT2D eigenvalue weighted by Gasteiger charge is 2.45. The molecule has 0 aromatic heterocycles. The van der Waals surface area contributed by atoms with Gasteiger partial charge in [0.25, 0.3) is 0 Å². The fourth-order valence-corrected chi connectivity index (χ4v) is 2.61. The molecule has 0 amide bonds. The van der Waals surface area contributed by atoms with Crippen LogP contribution in [0, 0.1) is 5.92 Å². The number of fused-ring (bicyclic) bond motifs is 1. The molecule has 19 heavy (non-hydrogen) atoms. The number of aliphatic imine (C=N–C) groups is 1. The Hall–Kier alpha value is -1.94. The summed E-state index contributed by atoms with van der Waals surface area (Å²) in [5.41, 5.74) is 1.38. The van der Waals surface area contributed by atoms with E-state index in [9.17, 15) is 9.90 Å². The van der Waals surface area contributed by atoms with Gasteiger partial charge < -0.3 is 9.84 Å². The molecule has 0 spiro atoms. The van der Waals surface area contributed by atoms with Gasteiger partial charge in [-0.05, 0) is 18.1 Å². The van der Waals surface area contributed by atoms with E-state index in [0.717, 1.165) is 12.0 Å². The highest BCUT2D eigenvalue weighted by Crippen LogP contribution is 2.34. The number of benzene rings is 1. The molecule has 1 aromatic rings. The van der Waals surface area contributed by atoms with Gasteiger partial charge >= 0.3 is 5.97 Å². The maximum absolute atomic E-state index is 11.8. The number of aliphatic hydroxyl groups is 1. The molecule has 1 fully saturated rings. The van der Waals surface area contributed by atoms with Gasteiger partial charge in [-0.1, -0.05) is 36.4 Å². The molecule has 4 heteroatoms. The summed E-state index contributed by atoms with van der Waals surface area (Å²) in [7, 11) is 0. The number of hydrogen-bond donors (Lipinski definition) is 1. The van der Waals surface area contributed by atoms with E-state index in [-0.39, 0.29) is 24.6 Å². The first kappa shape index (κ1) is 12.1. The summed E-state index contributed by atoms with van der Waals surface area (Å²) in [6.45, 7) is -0.182. The van der Waals surface area contributed by atoms with E-state index in [1.165, 1.54) is 0 Å². The number of nitrogens with zero attached hydrogens (tertiary/aromatic N) is 1. The summed E-state index contributed by atoms with van der Waals surface area (Å²) in [6, 6.07) is 8.92. The minimum absolute atomic E-state index is 0.0813. The first-order valence-electron chi connectivity index (χ1n) is 6.39. The fourth-order valence-electron chi connectivity index (χ4n) is 2.61. The fraction of sp³-hybridized carbons (Fsp3) is 0.333. The van der Waals surface area contributed by atoms with Gasteiger partial charge in [-0.3, -0.25) is 4.99 Å². The van der Waals surface area contributed by atoms with Crippen LogP contribution in [0.4, 0.5) is 0 Å². The maximum Gasteiger partial charge on any atom is 0.331 e. The molecule has 1 aliphatic carbocycles. The number of ether oxygens (including phenoxy) is 1. The second kappa shape index (κ2) is 4.97. The van der Waals surface area contributed by atoms with Crippen molar-refractivity contribution in [3.63, 3.8) is 0 Å². The zero-order valence-corrected chi connectivity index (χ0v) is 10.4. The molecule has 4 nitrogen and oxygen atoms in total. The molecule has 1 saturated heterocycles. The molecule has 98 valence electrons. The highest BCUT2D eigenvalue weighted by molar-refractivity contribution is 6.02. The van der Waals surface area contributed by atoms with Crippen LogP contribution >= 0.6 is 0 Å². The molecule has 0 saturated carbocycles. The van der Waals surface area contributed by atoms with Crippen LogP contribution in [-0.2, 0) is 9.53 Å². The summed E-state index contributed by atoms with van der Waals surface area (Å²) in [5.74, 6) is -0.209. The first-order valence-corrected chi connectivity index (χ1v) is 6.39. The molecular weight excluding hydrogens is 242 g/mol. The van der Waals surface area contributed by atoms with Gasteiger partial charge in [0.1, 0.15) is 6.10 Å². The third kappa shape index (κ3) is 2.19. The van der Waals surface area contributed by atoms with Gasteiger partial charge in [0.2, 0.25) is 0 Å². The van der Waals surface area contributed by atoms with E-state index in [2.05, 4.69) is 4.99 Å². The SMILES string of the molecule is O=C1O[C@@H]2C=CC[C@@H]2C1N=C(CO)c1ccccc1. The second-order valence-electron chi connectivity index (χ2n) is 4.77. The summed E-state index contributed by atoms with van der Waals surface area (Å²) in [6.07, 6.45) is 4.60. The monoisotopic (exact) mass is 257 g/mol. The van der Waals surface area contributed by atoms with Gasteiger partial charge in [0, 0.05) is 5.92 Å². The Morgan fingerprint density at radius 2 is 2.16 bits per heavy atom. The largest absolute Gasteiger partial charge is 0.456 e. The van der Waals surface area contributed by atoms with Crippen LogP contribution in [0.15, 0.2) is 47.5 Å². The van der Waals surface area contributed by atoms with Crippen molar-refractivity contribution in [3.8, 4) is 0 Å². The lowest BCUT2D eigenvalue weighted by Gasteiger charge is -2.11. The first-order chi connectivity index (χ1) is 9.29. The predicted molar refractivity (Wildman–Crippen MR) is 71.0 cm³/mol. The Balaban J connectivity index is 1.89. The van der Waals surface area contributed by atoms with Crippen molar-refractivity contribution < 1.29 is 14.6 Å². The summed E-state index contributed by atoms with van der Waals surface area (Å²) in [4.78, 5) is 16.3. The highest BCUT2D eigenvalue weighted by atomic mass is 16.6. The van der Waals surface area contributed by atoms with Crippen LogP contribution in [0.3, 0.4) is 0 Å². The number of carbonyl (C=O) groups excluding carboxylic acids is 1. The Bertz CT molecular complexity index is 536. The number of rotatable bonds is 3. The summed E-state index contributed by atoms with van der Waals surface area (Å²) < 4.78 is 5.26. The normalized spacial score (nSPS) is 29.4. The van der Waals surface area contributed by atoms with Gasteiger partial charge in [0.05, 0.1) is 12.3 Å². The molecule has 3 atom stereocenters. The number of allylic oxidation sites excluding steroid dienone is 1. The Labute approximate surface area is 111 Å². The van der Waals surface area contributed by atoms with E-state index in [4.69, 9.17) is 4.74 Å². The maximum atomic E-state index is 11.8. The Kier molecular flexibility index (Phi) is 3.17. The number of hydrogen-bond acceptors (Lipinski definition) is 4. The molecule has 1 unspecified atom stereocenters. The van der Waals surface area contributed by atoms with Crippen molar-refractivity contribution in [1.29, 1.82) is 0 Å². The lowest BCUT2D eigenvalue weighted by atomic mass is 9.98. The molecular formula is C15H15NO3. The van der Waals surface area contributed by atoms with Gasteiger partial charge in [-0.25, -0.2) is 4.79 Å². The Morgan fingerprint density at radius 3 is 2.89 bits per heavy atom. The average molecular weight is 257 g/mol. The van der Waals surface area contributed by atoms with Crippen LogP contribution in [0.2, 0.25) is 0 Å². The summed E-state index contributed by atoms with van der Waals surface area (Å²) in [5, 5.41) is 9.47. The molecule has 0 radical (unpaired) electrons. The average Bonchev–Trinajstić information content (AvgIpc) is 2.99. The lowest BCUT2D eigenvalue weighted by Crippen LogP contribution is -2.23. The van der Waals surface area contributed by atoms with E-state index in [1.54, 1.807) is 0 Å². The summed E-state index contributed by atoms with van der Waals surface area (Å²) >= 11 is 0. The van der Waals surface area contributed by atoms with E-state index in [1.807, 2.05) is 42.5 Å². The second-order valence-corrected chi connectivity index (χ2v) is 4.77. The number of aliphatic hydroxyl groups excluding tert-OH is 1. The van der Waals surface area contributed by atoms with Gasteiger partial charge in [0.15, 0.2) is 6.04 Å². The Morgan fingerprint density at radius 1 is 1.37 bits per heavy atom. The molecule has 1 heterocycles. The molecule has 1 aliphatic heterocycles. The van der Waals surface area contributed by atoms with Crippen molar-refractivity contribution in [3.05, 3.63) is 48.0 Å². The number of esters is 1. The van der Waals surface area contributed by atoms with Crippen molar-refractivity contribution in [1.82, 2.24) is 0 Å². The third-order valence-electron chi connectivity index (χ3n) is 3.61. The van der Waals surface area contributed by atoms with Crippen molar-refractivity contribution >= 4 is 11.7 Å². The zero-order chi connectivity index (χ0) is 13.2. The van der Waals surface area contributed by atoms with Crippen molar-refractivity contribution in [2.75, 3.05) is 6.61 Å². The van der Waals surface area contributed by atoms with Crippen molar-refractivity contribution in [2.45, 2.75) is 18.6 Å². The quantitative estimate of drug-likeness (QED) is 0.505. The smallest absolute Gasteiger partial charge is 0.331 e. The topological polar surface area (TPSA) is 58.9 Å². The minimum atomic E-state index is -0.498. The van der Waals surface area contributed by atoms with E-state index >= 15 is 0 Å². The van der Waals surface area contributed by atoms with Crippen LogP contribution < -0.4 is 0 Å². The molecule has 3 rings (SSSR count). The predicted octanol–water partition coefficient (Wildman–Crippen LogP) is 1.34. The minimum Gasteiger partial charge on any atom is -0.456 e. The van der Waals surface area contributed by atoms with Gasteiger partial charge in [-0.15, -0.1) is 0 Å². The third-order valence-corrected chi connectivity index (χ3v) is 3.61. The zero-order valence-electron chi connectivity index (χ0n) is 10.4. The molecule has 0 bridgehead atoms.